The summed E-state index contributed by atoms with van der Waals surface area (Å²) in [6, 6.07) is 11.7. The van der Waals surface area contributed by atoms with Crippen molar-refractivity contribution in [3.05, 3.63) is 59.9 Å². The number of carbonyl (C=O) groups is 2. The van der Waals surface area contributed by atoms with Gasteiger partial charge in [-0.1, -0.05) is 6.07 Å². The van der Waals surface area contributed by atoms with Gasteiger partial charge < -0.3 is 15.8 Å². The molecule has 114 valence electrons. The molecule has 0 saturated heterocycles. The number of anilines is 1. The van der Waals surface area contributed by atoms with Gasteiger partial charge in [-0.05, 0) is 49.4 Å². The molecule has 0 bridgehead atoms. The molecule has 0 aliphatic heterocycles. The molecule has 0 aliphatic rings. The number of nitrogens with two attached hydrogens (primary N) is 1. The lowest BCUT2D eigenvalue weighted by atomic mass is 10.2. The lowest BCUT2D eigenvalue weighted by Gasteiger charge is -2.15. The lowest BCUT2D eigenvalue weighted by Crippen LogP contribution is -2.30. The van der Waals surface area contributed by atoms with Crippen molar-refractivity contribution in [2.24, 2.45) is 5.73 Å². The molecule has 5 nitrogen and oxygen atoms in total. The average molecular weight is 302 g/mol. The highest BCUT2D eigenvalue weighted by atomic mass is 19.1. The minimum atomic E-state index is -0.789. The van der Waals surface area contributed by atoms with E-state index in [-0.39, 0.29) is 0 Å². The van der Waals surface area contributed by atoms with Gasteiger partial charge in [-0.15, -0.1) is 0 Å². The quantitative estimate of drug-likeness (QED) is 0.889. The van der Waals surface area contributed by atoms with Gasteiger partial charge in [0.1, 0.15) is 11.6 Å². The largest absolute Gasteiger partial charge is 0.481 e. The van der Waals surface area contributed by atoms with E-state index in [2.05, 4.69) is 5.32 Å². The number of carbonyl (C=O) groups excluding carboxylic acids is 2. The smallest absolute Gasteiger partial charge is 0.265 e. The molecular formula is C16H15FN2O3. The number of rotatable bonds is 5. The molecule has 2 aromatic rings. The Bertz CT molecular complexity index is 686. The summed E-state index contributed by atoms with van der Waals surface area (Å²) in [4.78, 5) is 22.9. The number of halogens is 1. The fourth-order valence-electron chi connectivity index (χ4n) is 1.77. The summed E-state index contributed by atoms with van der Waals surface area (Å²) in [5.74, 6) is -0.965. The van der Waals surface area contributed by atoms with Crippen molar-refractivity contribution < 1.29 is 18.7 Å². The van der Waals surface area contributed by atoms with E-state index in [1.807, 2.05) is 0 Å². The fraction of sp³-hybridized carbons (Fsp3) is 0.125. The van der Waals surface area contributed by atoms with Crippen molar-refractivity contribution in [3.8, 4) is 5.75 Å². The van der Waals surface area contributed by atoms with Gasteiger partial charge in [0.15, 0.2) is 6.10 Å². The molecule has 0 fully saturated rings. The fourth-order valence-corrected chi connectivity index (χ4v) is 1.77. The molecular weight excluding hydrogens is 287 g/mol. The van der Waals surface area contributed by atoms with Crippen molar-refractivity contribution in [1.29, 1.82) is 0 Å². The third-order valence-electron chi connectivity index (χ3n) is 2.91. The summed E-state index contributed by atoms with van der Waals surface area (Å²) in [6.45, 7) is 1.57. The summed E-state index contributed by atoms with van der Waals surface area (Å²) in [7, 11) is 0. The first-order valence-corrected chi connectivity index (χ1v) is 6.58. The summed E-state index contributed by atoms with van der Waals surface area (Å²) in [6.07, 6.45) is -0.789. The second-order valence-corrected chi connectivity index (χ2v) is 4.65. The number of ether oxygens (including phenoxy) is 1. The second-order valence-electron chi connectivity index (χ2n) is 4.65. The van der Waals surface area contributed by atoms with Crippen LogP contribution >= 0.6 is 0 Å². The number of amides is 2. The van der Waals surface area contributed by atoms with E-state index < -0.39 is 23.7 Å². The van der Waals surface area contributed by atoms with Gasteiger partial charge in [0.25, 0.3) is 5.91 Å². The van der Waals surface area contributed by atoms with Crippen molar-refractivity contribution in [3.63, 3.8) is 0 Å². The minimum Gasteiger partial charge on any atom is -0.481 e. The predicted molar refractivity (Wildman–Crippen MR) is 80.1 cm³/mol. The molecule has 1 atom stereocenters. The highest BCUT2D eigenvalue weighted by molar-refractivity contribution is 5.94. The van der Waals surface area contributed by atoms with Crippen LogP contribution in [0.25, 0.3) is 0 Å². The van der Waals surface area contributed by atoms with Crippen LogP contribution < -0.4 is 15.8 Å². The minimum absolute atomic E-state index is 0.351. The molecule has 6 heteroatoms. The molecule has 0 aromatic heterocycles. The van der Waals surface area contributed by atoms with Crippen molar-refractivity contribution in [2.45, 2.75) is 13.0 Å². The third-order valence-corrected chi connectivity index (χ3v) is 2.91. The summed E-state index contributed by atoms with van der Waals surface area (Å²) in [5, 5.41) is 2.55. The van der Waals surface area contributed by atoms with Crippen LogP contribution in [0.15, 0.2) is 48.5 Å². The van der Waals surface area contributed by atoms with E-state index in [1.165, 1.54) is 30.3 Å². The Morgan fingerprint density at radius 2 is 1.86 bits per heavy atom. The molecule has 2 rings (SSSR count). The van der Waals surface area contributed by atoms with E-state index in [4.69, 9.17) is 10.5 Å². The Labute approximate surface area is 126 Å². The van der Waals surface area contributed by atoms with Crippen LogP contribution in [0.2, 0.25) is 0 Å². The molecule has 0 saturated carbocycles. The Hall–Kier alpha value is -2.89. The molecule has 0 unspecified atom stereocenters. The zero-order valence-electron chi connectivity index (χ0n) is 11.9. The normalized spacial score (nSPS) is 11.5. The first kappa shape index (κ1) is 15.5. The SMILES string of the molecule is C[C@H](Oc1ccc(C(N)=O)cc1)C(=O)Nc1cccc(F)c1. The molecule has 3 N–H and O–H groups in total. The van der Waals surface area contributed by atoms with Crippen molar-refractivity contribution in [1.82, 2.24) is 0 Å². The molecule has 2 amide bonds. The number of primary amides is 1. The van der Waals surface area contributed by atoms with Gasteiger partial charge in [0.2, 0.25) is 5.91 Å². The van der Waals surface area contributed by atoms with Gasteiger partial charge in [-0.25, -0.2) is 4.39 Å². The van der Waals surface area contributed by atoms with Crippen LogP contribution in [0.3, 0.4) is 0 Å². The number of hydrogen-bond acceptors (Lipinski definition) is 3. The standard InChI is InChI=1S/C16H15FN2O3/c1-10(16(21)19-13-4-2-3-12(17)9-13)22-14-7-5-11(6-8-14)15(18)20/h2-10H,1H3,(H2,18,20)(H,19,21)/t10-/m0/s1. The summed E-state index contributed by atoms with van der Waals surface area (Å²) in [5.41, 5.74) is 5.84. The van der Waals surface area contributed by atoms with Crippen LogP contribution in [0, 0.1) is 5.82 Å². The predicted octanol–water partition coefficient (Wildman–Crippen LogP) is 2.33. The van der Waals surface area contributed by atoms with Crippen LogP contribution in [0.5, 0.6) is 5.75 Å². The van der Waals surface area contributed by atoms with Gasteiger partial charge in [-0.2, -0.15) is 0 Å². The molecule has 0 spiro atoms. The number of nitrogens with one attached hydrogen (secondary N) is 1. The van der Waals surface area contributed by atoms with Gasteiger partial charge in [0.05, 0.1) is 0 Å². The van der Waals surface area contributed by atoms with Gasteiger partial charge in [0, 0.05) is 11.3 Å². The van der Waals surface area contributed by atoms with E-state index in [9.17, 15) is 14.0 Å². The van der Waals surface area contributed by atoms with Gasteiger partial charge in [-0.3, -0.25) is 9.59 Å². The lowest BCUT2D eigenvalue weighted by molar-refractivity contribution is -0.122. The van der Waals surface area contributed by atoms with Crippen LogP contribution in [-0.4, -0.2) is 17.9 Å². The first-order valence-electron chi connectivity index (χ1n) is 6.58. The Morgan fingerprint density at radius 1 is 1.18 bits per heavy atom. The third kappa shape index (κ3) is 4.05. The number of hydrogen-bond donors (Lipinski definition) is 2. The zero-order valence-corrected chi connectivity index (χ0v) is 11.9. The van der Waals surface area contributed by atoms with E-state index in [0.717, 1.165) is 0 Å². The highest BCUT2D eigenvalue weighted by Gasteiger charge is 2.15. The zero-order chi connectivity index (χ0) is 16.1. The molecule has 0 aliphatic carbocycles. The Morgan fingerprint density at radius 3 is 2.45 bits per heavy atom. The monoisotopic (exact) mass is 302 g/mol. The first-order chi connectivity index (χ1) is 10.5. The maximum atomic E-state index is 13.0. The summed E-state index contributed by atoms with van der Waals surface area (Å²) >= 11 is 0. The summed E-state index contributed by atoms with van der Waals surface area (Å²) < 4.78 is 18.5. The average Bonchev–Trinajstić information content (AvgIpc) is 2.47. The van der Waals surface area contributed by atoms with Gasteiger partial charge >= 0.3 is 0 Å². The van der Waals surface area contributed by atoms with Crippen molar-refractivity contribution >= 4 is 17.5 Å². The van der Waals surface area contributed by atoms with Crippen LogP contribution in [-0.2, 0) is 4.79 Å². The highest BCUT2D eigenvalue weighted by Crippen LogP contribution is 2.15. The molecule has 0 heterocycles. The van der Waals surface area contributed by atoms with E-state index in [1.54, 1.807) is 25.1 Å². The Balaban J connectivity index is 1.97. The Kier molecular flexibility index (Phi) is 4.73. The molecule has 2 aromatic carbocycles. The van der Waals surface area contributed by atoms with Crippen LogP contribution in [0.4, 0.5) is 10.1 Å². The maximum Gasteiger partial charge on any atom is 0.265 e. The van der Waals surface area contributed by atoms with E-state index >= 15 is 0 Å². The molecule has 22 heavy (non-hydrogen) atoms. The van der Waals surface area contributed by atoms with Crippen molar-refractivity contribution in [2.75, 3.05) is 5.32 Å². The topological polar surface area (TPSA) is 81.4 Å². The maximum absolute atomic E-state index is 13.0. The van der Waals surface area contributed by atoms with E-state index in [0.29, 0.717) is 17.0 Å². The second kappa shape index (κ2) is 6.71. The van der Waals surface area contributed by atoms with Crippen LogP contribution in [0.1, 0.15) is 17.3 Å². The molecule has 0 radical (unpaired) electrons. The number of benzene rings is 2.